The summed E-state index contributed by atoms with van der Waals surface area (Å²) in [6.45, 7) is 0. The molecule has 2 rings (SSSR count). The predicted octanol–water partition coefficient (Wildman–Crippen LogP) is 2.97. The Kier molecular flexibility index (Phi) is 4.50. The van der Waals surface area contributed by atoms with Crippen molar-refractivity contribution < 1.29 is 22.7 Å². The Hall–Kier alpha value is -2.36. The third-order valence-electron chi connectivity index (χ3n) is 2.37. The van der Waals surface area contributed by atoms with Gasteiger partial charge in [-0.2, -0.15) is 0 Å². The first-order valence-electron chi connectivity index (χ1n) is 5.70. The minimum Gasteiger partial charge on any atom is -0.404 e. The normalized spacial score (nSPS) is 11.1. The highest BCUT2D eigenvalue weighted by atomic mass is 79.9. The fraction of sp³-hybridized carbons (Fsp3) is 0.0833. The number of alkyl halides is 3. The van der Waals surface area contributed by atoms with Crippen LogP contribution in [0.25, 0.3) is 0 Å². The Morgan fingerprint density at radius 2 is 1.95 bits per heavy atom. The standard InChI is InChI=1S/C12H8BrF3N4O2/c13-9-3-4-10(20-19-9)18-11(21)6-1-2-8(7(17)5-6)22-12(14,15)16/h1-5H,17H2,(H,18,20,21). The van der Waals surface area contributed by atoms with Crippen LogP contribution in [-0.4, -0.2) is 22.5 Å². The summed E-state index contributed by atoms with van der Waals surface area (Å²) in [5.41, 5.74) is 5.18. The quantitative estimate of drug-likeness (QED) is 0.803. The van der Waals surface area contributed by atoms with Gasteiger partial charge in [0.05, 0.1) is 5.69 Å². The minimum atomic E-state index is -4.86. The zero-order valence-corrected chi connectivity index (χ0v) is 12.3. The second kappa shape index (κ2) is 6.18. The van der Waals surface area contributed by atoms with Gasteiger partial charge in [-0.25, -0.2) is 0 Å². The van der Waals surface area contributed by atoms with E-state index < -0.39 is 18.0 Å². The summed E-state index contributed by atoms with van der Waals surface area (Å²) in [7, 11) is 0. The van der Waals surface area contributed by atoms with Crippen molar-refractivity contribution in [2.24, 2.45) is 0 Å². The lowest BCUT2D eigenvalue weighted by Crippen LogP contribution is -2.18. The van der Waals surface area contributed by atoms with E-state index in [0.717, 1.165) is 18.2 Å². The molecule has 2 aromatic rings. The van der Waals surface area contributed by atoms with E-state index in [0.29, 0.717) is 4.60 Å². The average Bonchev–Trinajstić information content (AvgIpc) is 2.42. The number of aromatic nitrogens is 2. The number of carbonyl (C=O) groups is 1. The molecule has 0 aliphatic carbocycles. The maximum atomic E-state index is 12.1. The zero-order chi connectivity index (χ0) is 16.3. The number of hydrogen-bond donors (Lipinski definition) is 2. The first-order valence-corrected chi connectivity index (χ1v) is 6.50. The number of ether oxygens (including phenoxy) is 1. The van der Waals surface area contributed by atoms with E-state index in [1.807, 2.05) is 0 Å². The van der Waals surface area contributed by atoms with E-state index in [1.54, 1.807) is 6.07 Å². The summed E-state index contributed by atoms with van der Waals surface area (Å²) >= 11 is 3.09. The first kappa shape index (κ1) is 16.0. The fourth-order valence-electron chi connectivity index (χ4n) is 1.48. The lowest BCUT2D eigenvalue weighted by molar-refractivity contribution is -0.274. The van der Waals surface area contributed by atoms with Crippen molar-refractivity contribution in [3.8, 4) is 5.75 Å². The van der Waals surface area contributed by atoms with E-state index in [-0.39, 0.29) is 17.1 Å². The molecule has 0 saturated heterocycles. The van der Waals surface area contributed by atoms with Gasteiger partial charge in [0.2, 0.25) is 0 Å². The number of halogens is 4. The number of benzene rings is 1. The molecule has 1 aromatic heterocycles. The zero-order valence-electron chi connectivity index (χ0n) is 10.7. The van der Waals surface area contributed by atoms with Crippen LogP contribution in [0.5, 0.6) is 5.75 Å². The van der Waals surface area contributed by atoms with Gasteiger partial charge in [-0.05, 0) is 46.3 Å². The highest BCUT2D eigenvalue weighted by Crippen LogP contribution is 2.29. The molecule has 22 heavy (non-hydrogen) atoms. The number of nitrogens with two attached hydrogens (primary N) is 1. The summed E-state index contributed by atoms with van der Waals surface area (Å²) in [5, 5.41) is 9.81. The molecule has 116 valence electrons. The number of nitrogen functional groups attached to an aromatic ring is 1. The molecule has 0 unspecified atom stereocenters. The SMILES string of the molecule is Nc1cc(C(=O)Nc2ccc(Br)nn2)ccc1OC(F)(F)F. The van der Waals surface area contributed by atoms with E-state index >= 15 is 0 Å². The third-order valence-corrected chi connectivity index (χ3v) is 2.79. The second-order valence-electron chi connectivity index (χ2n) is 4.00. The van der Waals surface area contributed by atoms with Gasteiger partial charge in [0.15, 0.2) is 11.6 Å². The van der Waals surface area contributed by atoms with Crippen molar-refractivity contribution in [3.63, 3.8) is 0 Å². The second-order valence-corrected chi connectivity index (χ2v) is 4.81. The highest BCUT2D eigenvalue weighted by molar-refractivity contribution is 9.10. The van der Waals surface area contributed by atoms with Crippen LogP contribution in [0.1, 0.15) is 10.4 Å². The number of nitrogens with one attached hydrogen (secondary N) is 1. The molecule has 6 nitrogen and oxygen atoms in total. The van der Waals surface area contributed by atoms with Crippen LogP contribution in [0.2, 0.25) is 0 Å². The lowest BCUT2D eigenvalue weighted by Gasteiger charge is -2.12. The number of anilines is 2. The lowest BCUT2D eigenvalue weighted by atomic mass is 10.2. The molecule has 3 N–H and O–H groups in total. The van der Waals surface area contributed by atoms with Gasteiger partial charge in [0.1, 0.15) is 4.60 Å². The summed E-state index contributed by atoms with van der Waals surface area (Å²) < 4.78 is 40.6. The Labute approximate surface area is 130 Å². The van der Waals surface area contributed by atoms with Gasteiger partial charge >= 0.3 is 6.36 Å². The summed E-state index contributed by atoms with van der Waals surface area (Å²) in [4.78, 5) is 11.9. The molecule has 1 aromatic carbocycles. The van der Waals surface area contributed by atoms with E-state index in [2.05, 4.69) is 36.2 Å². The topological polar surface area (TPSA) is 90.1 Å². The highest BCUT2D eigenvalue weighted by Gasteiger charge is 2.32. The summed E-state index contributed by atoms with van der Waals surface area (Å²) in [6, 6.07) is 6.25. The molecule has 0 aliphatic heterocycles. The van der Waals surface area contributed by atoms with E-state index in [1.165, 1.54) is 6.07 Å². The molecular weight excluding hydrogens is 369 g/mol. The van der Waals surface area contributed by atoms with Crippen molar-refractivity contribution >= 4 is 33.3 Å². The Bertz CT molecular complexity index is 692. The van der Waals surface area contributed by atoms with Gasteiger partial charge in [0, 0.05) is 5.56 Å². The summed E-state index contributed by atoms with van der Waals surface area (Å²) in [5.74, 6) is -0.989. The van der Waals surface area contributed by atoms with Gasteiger partial charge < -0.3 is 15.8 Å². The number of nitrogens with zero attached hydrogens (tertiary/aromatic N) is 2. The molecule has 0 radical (unpaired) electrons. The monoisotopic (exact) mass is 376 g/mol. The van der Waals surface area contributed by atoms with Crippen molar-refractivity contribution in [1.82, 2.24) is 10.2 Å². The Morgan fingerprint density at radius 3 is 2.50 bits per heavy atom. The average molecular weight is 377 g/mol. The molecular formula is C12H8BrF3N4O2. The number of hydrogen-bond acceptors (Lipinski definition) is 5. The van der Waals surface area contributed by atoms with Gasteiger partial charge in [-0.15, -0.1) is 23.4 Å². The molecule has 0 bridgehead atoms. The Morgan fingerprint density at radius 1 is 1.23 bits per heavy atom. The molecule has 0 saturated carbocycles. The van der Waals surface area contributed by atoms with Crippen LogP contribution in [0.15, 0.2) is 34.9 Å². The molecule has 0 aliphatic rings. The van der Waals surface area contributed by atoms with Crippen LogP contribution < -0.4 is 15.8 Å². The maximum Gasteiger partial charge on any atom is 0.573 e. The molecule has 0 atom stereocenters. The minimum absolute atomic E-state index is 0.0525. The largest absolute Gasteiger partial charge is 0.573 e. The van der Waals surface area contributed by atoms with Gasteiger partial charge in [-0.1, -0.05) is 0 Å². The van der Waals surface area contributed by atoms with Crippen molar-refractivity contribution in [2.75, 3.05) is 11.1 Å². The van der Waals surface area contributed by atoms with Crippen LogP contribution in [0.3, 0.4) is 0 Å². The van der Waals surface area contributed by atoms with E-state index in [9.17, 15) is 18.0 Å². The predicted molar refractivity (Wildman–Crippen MR) is 75.2 cm³/mol. The van der Waals surface area contributed by atoms with Crippen LogP contribution >= 0.6 is 15.9 Å². The number of rotatable bonds is 3. The maximum absolute atomic E-state index is 12.1. The van der Waals surface area contributed by atoms with Crippen LogP contribution in [0, 0.1) is 0 Å². The Balaban J connectivity index is 2.13. The van der Waals surface area contributed by atoms with Gasteiger partial charge in [-0.3, -0.25) is 4.79 Å². The number of amides is 1. The molecule has 1 heterocycles. The fourth-order valence-corrected chi connectivity index (χ4v) is 1.69. The van der Waals surface area contributed by atoms with Crippen molar-refractivity contribution in [2.45, 2.75) is 6.36 Å². The molecule has 1 amide bonds. The van der Waals surface area contributed by atoms with Crippen LogP contribution in [0.4, 0.5) is 24.7 Å². The molecule has 10 heteroatoms. The van der Waals surface area contributed by atoms with E-state index in [4.69, 9.17) is 5.73 Å². The molecule has 0 fully saturated rings. The van der Waals surface area contributed by atoms with Crippen LogP contribution in [-0.2, 0) is 0 Å². The van der Waals surface area contributed by atoms with Crippen molar-refractivity contribution in [3.05, 3.63) is 40.5 Å². The third kappa shape index (κ3) is 4.32. The van der Waals surface area contributed by atoms with Crippen molar-refractivity contribution in [1.29, 1.82) is 0 Å². The smallest absolute Gasteiger partial charge is 0.404 e. The van der Waals surface area contributed by atoms with Gasteiger partial charge in [0.25, 0.3) is 5.91 Å². The number of carbonyl (C=O) groups excluding carboxylic acids is 1. The summed E-state index contributed by atoms with van der Waals surface area (Å²) in [6.07, 6.45) is -4.86. The molecule has 0 spiro atoms. The first-order chi connectivity index (χ1) is 10.2.